The number of hydrogen-bond donors (Lipinski definition) is 2. The van der Waals surface area contributed by atoms with E-state index in [9.17, 15) is 9.59 Å². The topological polar surface area (TPSA) is 76.0 Å². The van der Waals surface area contributed by atoms with E-state index in [1.165, 1.54) is 6.92 Å². The predicted octanol–water partition coefficient (Wildman–Crippen LogP) is 0.682. The molecular formula is C10H15ClN4O2. The maximum absolute atomic E-state index is 11.3. The number of halogens is 1. The zero-order valence-electron chi connectivity index (χ0n) is 9.95. The number of carbonyl (C=O) groups excluding carboxylic acids is 2. The minimum Gasteiger partial charge on any atom is -0.334 e. The van der Waals surface area contributed by atoms with Gasteiger partial charge in [-0.15, -0.1) is 11.6 Å². The minimum atomic E-state index is -0.735. The molecule has 1 rings (SSSR count). The molecule has 0 aliphatic rings. The summed E-state index contributed by atoms with van der Waals surface area (Å²) in [5.74, 6) is -0.521. The Hall–Kier alpha value is -1.56. The second kappa shape index (κ2) is 5.67. The lowest BCUT2D eigenvalue weighted by atomic mass is 10.3. The molecule has 0 radical (unpaired) electrons. The van der Waals surface area contributed by atoms with E-state index in [0.717, 1.165) is 11.3 Å². The number of carbonyl (C=O) groups is 2. The van der Waals surface area contributed by atoms with Gasteiger partial charge < -0.3 is 5.32 Å². The first-order valence-electron chi connectivity index (χ1n) is 5.12. The molecule has 0 saturated heterocycles. The molecule has 0 spiro atoms. The van der Waals surface area contributed by atoms with Crippen LogP contribution in [0.3, 0.4) is 0 Å². The van der Waals surface area contributed by atoms with E-state index in [2.05, 4.69) is 15.7 Å². The monoisotopic (exact) mass is 258 g/mol. The third-order valence-electron chi connectivity index (χ3n) is 2.15. The Morgan fingerprint density at radius 3 is 2.71 bits per heavy atom. The summed E-state index contributed by atoms with van der Waals surface area (Å²) < 4.78 is 1.66. The van der Waals surface area contributed by atoms with Crippen LogP contribution in [0.4, 0.5) is 4.79 Å². The molecule has 94 valence electrons. The van der Waals surface area contributed by atoms with Crippen LogP contribution >= 0.6 is 11.6 Å². The van der Waals surface area contributed by atoms with Crippen molar-refractivity contribution in [2.24, 2.45) is 7.05 Å². The number of urea groups is 1. The predicted molar refractivity (Wildman–Crippen MR) is 63.6 cm³/mol. The first-order valence-corrected chi connectivity index (χ1v) is 5.55. The second-order valence-corrected chi connectivity index (χ2v) is 4.36. The van der Waals surface area contributed by atoms with Crippen LogP contribution in [-0.4, -0.2) is 27.1 Å². The molecule has 1 aromatic heterocycles. The maximum Gasteiger partial charge on any atom is 0.321 e. The molecule has 0 fully saturated rings. The first kappa shape index (κ1) is 13.5. The van der Waals surface area contributed by atoms with Crippen molar-refractivity contribution in [2.45, 2.75) is 25.8 Å². The van der Waals surface area contributed by atoms with Crippen molar-refractivity contribution in [3.63, 3.8) is 0 Å². The summed E-state index contributed by atoms with van der Waals surface area (Å²) in [6, 6.07) is -0.564. The van der Waals surface area contributed by atoms with Crippen molar-refractivity contribution in [1.29, 1.82) is 0 Å². The molecule has 0 aliphatic heterocycles. The number of nitrogens with zero attached hydrogens (tertiary/aromatic N) is 2. The molecule has 1 aromatic rings. The van der Waals surface area contributed by atoms with Crippen LogP contribution < -0.4 is 10.6 Å². The van der Waals surface area contributed by atoms with Gasteiger partial charge in [0.25, 0.3) is 0 Å². The third kappa shape index (κ3) is 4.07. The number of aromatic nitrogens is 2. The fraction of sp³-hybridized carbons (Fsp3) is 0.500. The maximum atomic E-state index is 11.3. The molecule has 1 atom stereocenters. The number of amides is 3. The Kier molecular flexibility index (Phi) is 4.51. The minimum absolute atomic E-state index is 0.315. The van der Waals surface area contributed by atoms with E-state index < -0.39 is 17.3 Å². The standard InChI is InChI=1S/C10H15ClN4O2/c1-6(11)9(16)13-10(17)12-4-8-5-15(3)14-7(8)2/h5-6H,4H2,1-3H3,(H2,12,13,16,17). The summed E-state index contributed by atoms with van der Waals surface area (Å²) >= 11 is 5.51. The molecule has 7 heteroatoms. The fourth-order valence-corrected chi connectivity index (χ4v) is 1.31. The smallest absolute Gasteiger partial charge is 0.321 e. The van der Waals surface area contributed by atoms with E-state index in [4.69, 9.17) is 11.6 Å². The Labute approximate surface area is 104 Å². The lowest BCUT2D eigenvalue weighted by Crippen LogP contribution is -2.41. The van der Waals surface area contributed by atoms with Crippen molar-refractivity contribution >= 4 is 23.5 Å². The number of rotatable bonds is 3. The molecule has 0 aliphatic carbocycles. The van der Waals surface area contributed by atoms with Crippen LogP contribution in [-0.2, 0) is 18.4 Å². The fourth-order valence-electron chi connectivity index (χ4n) is 1.25. The van der Waals surface area contributed by atoms with Crippen molar-refractivity contribution < 1.29 is 9.59 Å². The van der Waals surface area contributed by atoms with Gasteiger partial charge in [-0.2, -0.15) is 5.10 Å². The number of alkyl halides is 1. The lowest BCUT2D eigenvalue weighted by Gasteiger charge is -2.06. The highest BCUT2D eigenvalue weighted by atomic mass is 35.5. The van der Waals surface area contributed by atoms with Gasteiger partial charge in [0, 0.05) is 25.4 Å². The van der Waals surface area contributed by atoms with Gasteiger partial charge in [0.15, 0.2) is 0 Å². The van der Waals surface area contributed by atoms with Gasteiger partial charge in [0.05, 0.1) is 5.69 Å². The van der Waals surface area contributed by atoms with E-state index in [1.54, 1.807) is 11.7 Å². The Morgan fingerprint density at radius 2 is 2.24 bits per heavy atom. The van der Waals surface area contributed by atoms with E-state index in [0.29, 0.717) is 6.54 Å². The van der Waals surface area contributed by atoms with Gasteiger partial charge in [-0.05, 0) is 13.8 Å². The highest BCUT2D eigenvalue weighted by Gasteiger charge is 2.13. The lowest BCUT2D eigenvalue weighted by molar-refractivity contribution is -0.119. The zero-order chi connectivity index (χ0) is 13.0. The van der Waals surface area contributed by atoms with Crippen molar-refractivity contribution in [1.82, 2.24) is 20.4 Å². The van der Waals surface area contributed by atoms with Crippen LogP contribution in [0.1, 0.15) is 18.2 Å². The molecule has 17 heavy (non-hydrogen) atoms. The molecule has 2 N–H and O–H groups in total. The van der Waals surface area contributed by atoms with Gasteiger partial charge in [0.1, 0.15) is 5.38 Å². The van der Waals surface area contributed by atoms with Crippen molar-refractivity contribution in [3.05, 3.63) is 17.5 Å². The molecule has 3 amide bonds. The summed E-state index contributed by atoms with van der Waals surface area (Å²) in [5, 5.41) is 8.08. The summed E-state index contributed by atoms with van der Waals surface area (Å²) in [6.07, 6.45) is 1.81. The van der Waals surface area contributed by atoms with E-state index >= 15 is 0 Å². The summed E-state index contributed by atoms with van der Waals surface area (Å²) in [4.78, 5) is 22.4. The largest absolute Gasteiger partial charge is 0.334 e. The molecule has 6 nitrogen and oxygen atoms in total. The molecule has 0 saturated carbocycles. The van der Waals surface area contributed by atoms with Gasteiger partial charge in [0.2, 0.25) is 5.91 Å². The third-order valence-corrected chi connectivity index (χ3v) is 2.35. The zero-order valence-corrected chi connectivity index (χ0v) is 10.7. The van der Waals surface area contributed by atoms with Gasteiger partial charge in [-0.1, -0.05) is 0 Å². The Bertz CT molecular complexity index is 428. The van der Waals surface area contributed by atoms with E-state index in [-0.39, 0.29) is 0 Å². The van der Waals surface area contributed by atoms with E-state index in [1.807, 2.05) is 13.1 Å². The average molecular weight is 259 g/mol. The first-order chi connectivity index (χ1) is 7.90. The molecule has 0 aromatic carbocycles. The summed E-state index contributed by atoms with van der Waals surface area (Å²) in [5.41, 5.74) is 1.74. The Morgan fingerprint density at radius 1 is 1.59 bits per heavy atom. The molecule has 1 heterocycles. The number of imide groups is 1. The van der Waals surface area contributed by atoms with Crippen LogP contribution in [0.5, 0.6) is 0 Å². The summed E-state index contributed by atoms with van der Waals surface area (Å²) in [6.45, 7) is 3.66. The summed E-state index contributed by atoms with van der Waals surface area (Å²) in [7, 11) is 1.80. The highest BCUT2D eigenvalue weighted by molar-refractivity contribution is 6.31. The SMILES string of the molecule is Cc1nn(C)cc1CNC(=O)NC(=O)C(C)Cl. The number of hydrogen-bond acceptors (Lipinski definition) is 3. The van der Waals surface area contributed by atoms with Crippen LogP contribution in [0.2, 0.25) is 0 Å². The highest BCUT2D eigenvalue weighted by Crippen LogP contribution is 2.03. The average Bonchev–Trinajstić information content (AvgIpc) is 2.54. The quantitative estimate of drug-likeness (QED) is 0.783. The van der Waals surface area contributed by atoms with Crippen LogP contribution in [0, 0.1) is 6.92 Å². The van der Waals surface area contributed by atoms with Crippen molar-refractivity contribution in [3.8, 4) is 0 Å². The Balaban J connectivity index is 2.43. The van der Waals surface area contributed by atoms with Crippen LogP contribution in [0.25, 0.3) is 0 Å². The molecular weight excluding hydrogens is 244 g/mol. The molecule has 0 bridgehead atoms. The van der Waals surface area contributed by atoms with Gasteiger partial charge in [-0.3, -0.25) is 14.8 Å². The van der Waals surface area contributed by atoms with Crippen LogP contribution in [0.15, 0.2) is 6.20 Å². The number of aryl methyl sites for hydroxylation is 2. The molecule has 1 unspecified atom stereocenters. The second-order valence-electron chi connectivity index (χ2n) is 3.70. The normalized spacial score (nSPS) is 12.0. The van der Waals surface area contributed by atoms with Crippen molar-refractivity contribution in [2.75, 3.05) is 0 Å². The van der Waals surface area contributed by atoms with Gasteiger partial charge >= 0.3 is 6.03 Å². The van der Waals surface area contributed by atoms with Gasteiger partial charge in [-0.25, -0.2) is 4.79 Å². The number of nitrogens with one attached hydrogen (secondary N) is 2.